The summed E-state index contributed by atoms with van der Waals surface area (Å²) >= 11 is 0. The van der Waals surface area contributed by atoms with E-state index in [4.69, 9.17) is 14.9 Å². The number of ether oxygens (including phenoxy) is 1. The summed E-state index contributed by atoms with van der Waals surface area (Å²) in [6, 6.07) is 20.2. The lowest BCUT2D eigenvalue weighted by atomic mass is 10.0. The van der Waals surface area contributed by atoms with Crippen molar-refractivity contribution in [2.45, 2.75) is 0 Å². The molecule has 7 heteroatoms. The number of carbonyl (C=O) groups is 2. The van der Waals surface area contributed by atoms with Gasteiger partial charge in [-0.1, -0.05) is 72.8 Å². The maximum atomic E-state index is 12.4. The van der Waals surface area contributed by atoms with E-state index in [-0.39, 0.29) is 38.1 Å². The average molecular weight is 487 g/mol. The lowest BCUT2D eigenvalue weighted by molar-refractivity contribution is 0.0937. The Morgan fingerprint density at radius 3 is 1.75 bits per heavy atom. The van der Waals surface area contributed by atoms with E-state index in [1.165, 1.54) is 0 Å². The summed E-state index contributed by atoms with van der Waals surface area (Å²) in [5.41, 5.74) is 4.27. The molecule has 0 saturated carbocycles. The van der Waals surface area contributed by atoms with Crippen LogP contribution in [0.25, 0.3) is 24.3 Å². The van der Waals surface area contributed by atoms with Crippen molar-refractivity contribution in [1.82, 2.24) is 10.6 Å². The molecule has 0 fully saturated rings. The van der Waals surface area contributed by atoms with E-state index in [1.807, 2.05) is 66.8 Å². The molecule has 0 bridgehead atoms. The Balaban J connectivity index is 1.81. The van der Waals surface area contributed by atoms with Gasteiger partial charge in [0.05, 0.1) is 20.3 Å². The number of carbonyl (C=O) groups excluding carboxylic acids is 2. The minimum atomic E-state index is -0.248. The number of amides is 2. The normalized spacial score (nSPS) is 11.1. The summed E-state index contributed by atoms with van der Waals surface area (Å²) in [6.45, 7) is 0.148. The van der Waals surface area contributed by atoms with E-state index in [0.29, 0.717) is 16.9 Å². The highest BCUT2D eigenvalue weighted by atomic mass is 16.5. The zero-order valence-electron chi connectivity index (χ0n) is 20.1. The van der Waals surface area contributed by atoms with Crippen molar-refractivity contribution in [2.24, 2.45) is 0 Å². The zero-order chi connectivity index (χ0) is 25.8. The molecule has 0 unspecified atom stereocenters. The maximum absolute atomic E-state index is 12.4. The molecule has 0 aliphatic heterocycles. The van der Waals surface area contributed by atoms with Crippen LogP contribution in [0, 0.1) is 0 Å². The number of aliphatic hydroxyl groups is 2. The maximum Gasteiger partial charge on any atom is 0.251 e. The van der Waals surface area contributed by atoms with Crippen LogP contribution in [0.15, 0.2) is 66.7 Å². The number of benzene rings is 3. The summed E-state index contributed by atoms with van der Waals surface area (Å²) in [5, 5.41) is 23.3. The molecule has 186 valence electrons. The third-order valence-corrected chi connectivity index (χ3v) is 5.36. The molecular formula is C29H30N2O5. The third kappa shape index (κ3) is 7.15. The van der Waals surface area contributed by atoms with Crippen molar-refractivity contribution < 1.29 is 24.5 Å². The lowest BCUT2D eigenvalue weighted by Crippen LogP contribution is -2.26. The molecule has 36 heavy (non-hydrogen) atoms. The molecule has 0 aliphatic carbocycles. The monoisotopic (exact) mass is 486 g/mol. The first-order valence-corrected chi connectivity index (χ1v) is 11.6. The van der Waals surface area contributed by atoms with Crippen LogP contribution >= 0.6 is 0 Å². The summed E-state index contributed by atoms with van der Waals surface area (Å²) < 4.78 is 5.58. The van der Waals surface area contributed by atoms with Gasteiger partial charge >= 0.3 is 0 Å². The van der Waals surface area contributed by atoms with Gasteiger partial charge in [0.2, 0.25) is 0 Å². The van der Waals surface area contributed by atoms with Crippen LogP contribution in [0.4, 0.5) is 0 Å². The first-order chi connectivity index (χ1) is 17.6. The van der Waals surface area contributed by atoms with Gasteiger partial charge in [0.15, 0.2) is 0 Å². The van der Waals surface area contributed by atoms with E-state index in [9.17, 15) is 9.59 Å². The fraction of sp³-hybridized carbons (Fsp3) is 0.172. The van der Waals surface area contributed by atoms with Gasteiger partial charge in [-0.3, -0.25) is 9.59 Å². The van der Waals surface area contributed by atoms with Gasteiger partial charge < -0.3 is 25.6 Å². The quantitative estimate of drug-likeness (QED) is 0.311. The molecule has 3 aromatic carbocycles. The second-order valence-electron chi connectivity index (χ2n) is 7.80. The molecule has 0 saturated heterocycles. The van der Waals surface area contributed by atoms with Crippen molar-refractivity contribution >= 4 is 36.1 Å². The van der Waals surface area contributed by atoms with Crippen LogP contribution in [0.1, 0.15) is 43.0 Å². The van der Waals surface area contributed by atoms with Gasteiger partial charge in [0.25, 0.3) is 11.8 Å². The van der Waals surface area contributed by atoms with E-state index < -0.39 is 0 Å². The summed E-state index contributed by atoms with van der Waals surface area (Å²) in [5.74, 6) is 0.166. The zero-order valence-corrected chi connectivity index (χ0v) is 20.1. The highest BCUT2D eigenvalue weighted by Gasteiger charge is 2.10. The smallest absolute Gasteiger partial charge is 0.251 e. The van der Waals surface area contributed by atoms with Crippen molar-refractivity contribution in [3.05, 3.63) is 100 Å². The summed E-state index contributed by atoms with van der Waals surface area (Å²) in [6.07, 6.45) is 7.49. The molecule has 7 nitrogen and oxygen atoms in total. The van der Waals surface area contributed by atoms with Crippen LogP contribution < -0.4 is 15.4 Å². The van der Waals surface area contributed by atoms with Crippen molar-refractivity contribution in [3.8, 4) is 5.75 Å². The van der Waals surface area contributed by atoms with Crippen LogP contribution in [-0.2, 0) is 0 Å². The van der Waals surface area contributed by atoms with Crippen molar-refractivity contribution in [1.29, 1.82) is 0 Å². The molecule has 0 spiro atoms. The number of methoxy groups -OCH3 is 1. The van der Waals surface area contributed by atoms with Gasteiger partial charge in [-0.25, -0.2) is 0 Å². The summed E-state index contributed by atoms with van der Waals surface area (Å²) in [7, 11) is 1.59. The highest BCUT2D eigenvalue weighted by Crippen LogP contribution is 2.25. The second kappa shape index (κ2) is 13.6. The second-order valence-corrected chi connectivity index (χ2v) is 7.80. The number of hydrogen-bond acceptors (Lipinski definition) is 5. The first-order valence-electron chi connectivity index (χ1n) is 11.6. The molecule has 3 aromatic rings. The Labute approximate surface area is 210 Å². The number of nitrogens with one attached hydrogen (secondary N) is 2. The number of hydrogen-bond donors (Lipinski definition) is 4. The minimum Gasteiger partial charge on any atom is -0.496 e. The molecule has 0 aromatic heterocycles. The number of aliphatic hydroxyl groups excluding tert-OH is 2. The van der Waals surface area contributed by atoms with Gasteiger partial charge in [-0.2, -0.15) is 0 Å². The molecule has 0 aliphatic rings. The molecule has 2 amide bonds. The Hall–Kier alpha value is -4.20. The third-order valence-electron chi connectivity index (χ3n) is 5.36. The lowest BCUT2D eigenvalue weighted by Gasteiger charge is -2.09. The average Bonchev–Trinajstić information content (AvgIpc) is 2.92. The predicted octanol–water partition coefficient (Wildman–Crippen LogP) is 3.48. The Kier molecular flexibility index (Phi) is 10.00. The predicted molar refractivity (Wildman–Crippen MR) is 143 cm³/mol. The van der Waals surface area contributed by atoms with E-state index in [2.05, 4.69) is 10.6 Å². The molecule has 0 heterocycles. The van der Waals surface area contributed by atoms with Gasteiger partial charge in [0.1, 0.15) is 5.75 Å². The van der Waals surface area contributed by atoms with E-state index in [0.717, 1.165) is 22.3 Å². The van der Waals surface area contributed by atoms with Crippen LogP contribution in [0.3, 0.4) is 0 Å². The minimum absolute atomic E-state index is 0.118. The molecule has 0 atom stereocenters. The molecule has 3 rings (SSSR count). The summed E-state index contributed by atoms with van der Waals surface area (Å²) in [4.78, 5) is 24.8. The molecular weight excluding hydrogens is 456 g/mol. The van der Waals surface area contributed by atoms with Gasteiger partial charge in [-0.05, 0) is 34.9 Å². The molecule has 0 radical (unpaired) electrons. The first kappa shape index (κ1) is 26.4. The molecule has 4 N–H and O–H groups in total. The van der Waals surface area contributed by atoms with Crippen molar-refractivity contribution in [2.75, 3.05) is 33.4 Å². The van der Waals surface area contributed by atoms with E-state index in [1.54, 1.807) is 31.4 Å². The van der Waals surface area contributed by atoms with Gasteiger partial charge in [-0.15, -0.1) is 0 Å². The fourth-order valence-corrected chi connectivity index (χ4v) is 3.56. The SMILES string of the molecule is COc1cc(/C=C/c2ccccc2C(=O)NCCO)ccc1/C=C/c1ccccc1C(=O)NCCO. The van der Waals surface area contributed by atoms with Gasteiger partial charge in [0, 0.05) is 29.8 Å². The fourth-order valence-electron chi connectivity index (χ4n) is 3.56. The standard InChI is InChI=1S/C29H30N2O5/c1-36-27-20-21(10-12-22-6-2-4-8-25(22)28(34)30-16-18-32)11-13-24(27)15-14-23-7-3-5-9-26(23)29(35)31-17-19-33/h2-15,20,32-33H,16-19H2,1H3,(H,30,34)(H,31,35)/b12-10+,15-14+. The van der Waals surface area contributed by atoms with Crippen molar-refractivity contribution in [3.63, 3.8) is 0 Å². The van der Waals surface area contributed by atoms with Crippen LogP contribution in [0.5, 0.6) is 5.75 Å². The Morgan fingerprint density at radius 2 is 1.22 bits per heavy atom. The highest BCUT2D eigenvalue weighted by molar-refractivity contribution is 5.99. The topological polar surface area (TPSA) is 108 Å². The van der Waals surface area contributed by atoms with E-state index >= 15 is 0 Å². The number of rotatable bonds is 11. The Bertz CT molecular complexity index is 1250. The van der Waals surface area contributed by atoms with Crippen LogP contribution in [0.2, 0.25) is 0 Å². The largest absolute Gasteiger partial charge is 0.496 e. The Morgan fingerprint density at radius 1 is 0.722 bits per heavy atom. The van der Waals surface area contributed by atoms with Crippen LogP contribution in [-0.4, -0.2) is 55.4 Å².